The Morgan fingerprint density at radius 1 is 1.37 bits per heavy atom. The molecule has 2 amide bonds. The van der Waals surface area contributed by atoms with E-state index in [2.05, 4.69) is 31.5 Å². The van der Waals surface area contributed by atoms with E-state index in [-0.39, 0.29) is 11.8 Å². The van der Waals surface area contributed by atoms with Crippen LogP contribution in [0.3, 0.4) is 0 Å². The van der Waals surface area contributed by atoms with Crippen molar-refractivity contribution in [2.24, 2.45) is 5.92 Å². The predicted molar refractivity (Wildman–Crippen MR) is 76.7 cm³/mol. The molecule has 0 saturated carbocycles. The third-order valence-corrected chi connectivity index (χ3v) is 3.00. The van der Waals surface area contributed by atoms with Crippen LogP contribution in [0.4, 0.5) is 0 Å². The Labute approximate surface area is 121 Å². The van der Waals surface area contributed by atoms with Crippen LogP contribution >= 0.6 is 15.9 Å². The maximum absolute atomic E-state index is 12.0. The van der Waals surface area contributed by atoms with Crippen LogP contribution in [0.25, 0.3) is 0 Å². The van der Waals surface area contributed by atoms with Crippen LogP contribution in [-0.2, 0) is 4.79 Å². The third-order valence-electron chi connectivity index (χ3n) is 2.54. The fraction of sp³-hybridized carbons (Fsp3) is 0.462. The molecule has 19 heavy (non-hydrogen) atoms. The highest BCUT2D eigenvalue weighted by Gasteiger charge is 2.21. The number of nitrogens with zero attached hydrogens (tertiary/aromatic N) is 1. The first kappa shape index (κ1) is 15.6. The molecule has 0 aromatic carbocycles. The summed E-state index contributed by atoms with van der Waals surface area (Å²) in [5.41, 5.74) is 0.292. The molecule has 2 N–H and O–H groups in total. The molecule has 1 rings (SSSR count). The van der Waals surface area contributed by atoms with Crippen molar-refractivity contribution in [1.29, 1.82) is 0 Å². The Morgan fingerprint density at radius 3 is 2.53 bits per heavy atom. The summed E-state index contributed by atoms with van der Waals surface area (Å²) in [6.45, 7) is 4.00. The number of carbonyl (C=O) groups excluding carboxylic acids is 2. The quantitative estimate of drug-likeness (QED) is 0.865. The van der Waals surface area contributed by atoms with E-state index in [9.17, 15) is 9.59 Å². The second-order valence-electron chi connectivity index (χ2n) is 4.63. The van der Waals surface area contributed by atoms with Crippen molar-refractivity contribution in [3.63, 3.8) is 0 Å². The highest BCUT2D eigenvalue weighted by Crippen LogP contribution is 2.09. The topological polar surface area (TPSA) is 71.1 Å². The molecule has 0 spiro atoms. The number of pyridine rings is 1. The zero-order valence-corrected chi connectivity index (χ0v) is 12.8. The molecule has 1 atom stereocenters. The first-order chi connectivity index (χ1) is 8.93. The highest BCUT2D eigenvalue weighted by atomic mass is 79.9. The molecule has 1 aromatic heterocycles. The largest absolute Gasteiger partial charge is 0.357 e. The first-order valence-electron chi connectivity index (χ1n) is 6.08. The molecular formula is C13H18BrN3O2. The van der Waals surface area contributed by atoms with Gasteiger partial charge in [0.25, 0.3) is 5.91 Å². The summed E-state index contributed by atoms with van der Waals surface area (Å²) in [7, 11) is 1.56. The van der Waals surface area contributed by atoms with Gasteiger partial charge in [0.05, 0.1) is 0 Å². The molecule has 0 bridgehead atoms. The summed E-state index contributed by atoms with van der Waals surface area (Å²) >= 11 is 3.25. The predicted octanol–water partition coefficient (Wildman–Crippen LogP) is 1.73. The Kier molecular flexibility index (Phi) is 5.95. The van der Waals surface area contributed by atoms with Crippen molar-refractivity contribution in [2.45, 2.75) is 26.3 Å². The Hall–Kier alpha value is -1.43. The van der Waals surface area contributed by atoms with Gasteiger partial charge in [-0.05, 0) is 40.4 Å². The number of hydrogen-bond donors (Lipinski definition) is 2. The van der Waals surface area contributed by atoms with Gasteiger partial charge in [0.15, 0.2) is 0 Å². The maximum Gasteiger partial charge on any atom is 0.270 e. The van der Waals surface area contributed by atoms with E-state index >= 15 is 0 Å². The van der Waals surface area contributed by atoms with Crippen molar-refractivity contribution < 1.29 is 9.59 Å². The molecule has 0 aliphatic carbocycles. The van der Waals surface area contributed by atoms with E-state index in [4.69, 9.17) is 0 Å². The molecule has 1 aromatic rings. The minimum Gasteiger partial charge on any atom is -0.357 e. The summed E-state index contributed by atoms with van der Waals surface area (Å²) < 4.78 is 0.800. The molecular weight excluding hydrogens is 310 g/mol. The first-order valence-corrected chi connectivity index (χ1v) is 6.87. The summed E-state index contributed by atoms with van der Waals surface area (Å²) in [4.78, 5) is 27.7. The summed E-state index contributed by atoms with van der Waals surface area (Å²) in [5.74, 6) is -0.235. The van der Waals surface area contributed by atoms with E-state index in [1.54, 1.807) is 25.4 Å². The fourth-order valence-electron chi connectivity index (χ4n) is 1.62. The standard InChI is InChI=1S/C13H18BrN3O2/c1-8(2)6-11(12(18)15-3)17-13(19)10-5-4-9(14)7-16-10/h4-5,7-8,11H,6H2,1-3H3,(H,15,18)(H,17,19). The molecule has 104 valence electrons. The third kappa shape index (κ3) is 4.98. The van der Waals surface area contributed by atoms with Crippen LogP contribution in [0.2, 0.25) is 0 Å². The van der Waals surface area contributed by atoms with Crippen molar-refractivity contribution in [3.05, 3.63) is 28.5 Å². The average Bonchev–Trinajstić information content (AvgIpc) is 2.37. The van der Waals surface area contributed by atoms with Gasteiger partial charge in [-0.3, -0.25) is 9.59 Å². The molecule has 6 heteroatoms. The summed E-state index contributed by atoms with van der Waals surface area (Å²) in [5, 5.41) is 5.26. The van der Waals surface area contributed by atoms with Gasteiger partial charge in [-0.25, -0.2) is 4.98 Å². The van der Waals surface area contributed by atoms with Crippen LogP contribution in [0.1, 0.15) is 30.8 Å². The fourth-order valence-corrected chi connectivity index (χ4v) is 1.85. The van der Waals surface area contributed by atoms with Crippen LogP contribution in [0.15, 0.2) is 22.8 Å². The molecule has 1 heterocycles. The molecule has 0 aliphatic heterocycles. The van der Waals surface area contributed by atoms with Gasteiger partial charge in [0.1, 0.15) is 11.7 Å². The van der Waals surface area contributed by atoms with Crippen LogP contribution < -0.4 is 10.6 Å². The van der Waals surface area contributed by atoms with Crippen molar-refractivity contribution in [2.75, 3.05) is 7.05 Å². The number of halogens is 1. The van der Waals surface area contributed by atoms with Gasteiger partial charge in [-0.1, -0.05) is 13.8 Å². The Morgan fingerprint density at radius 2 is 2.05 bits per heavy atom. The van der Waals surface area contributed by atoms with Gasteiger partial charge in [-0.2, -0.15) is 0 Å². The lowest BCUT2D eigenvalue weighted by molar-refractivity contribution is -0.122. The van der Waals surface area contributed by atoms with Gasteiger partial charge in [-0.15, -0.1) is 0 Å². The molecule has 0 saturated heterocycles. The van der Waals surface area contributed by atoms with Gasteiger partial charge in [0, 0.05) is 17.7 Å². The number of nitrogens with one attached hydrogen (secondary N) is 2. The summed E-state index contributed by atoms with van der Waals surface area (Å²) in [6, 6.07) is 2.80. The van der Waals surface area contributed by atoms with Gasteiger partial charge in [0.2, 0.25) is 5.91 Å². The number of aromatic nitrogens is 1. The monoisotopic (exact) mass is 327 g/mol. The smallest absolute Gasteiger partial charge is 0.270 e. The molecule has 0 fully saturated rings. The SMILES string of the molecule is CNC(=O)C(CC(C)C)NC(=O)c1ccc(Br)cn1. The highest BCUT2D eigenvalue weighted by molar-refractivity contribution is 9.10. The zero-order chi connectivity index (χ0) is 14.4. The van der Waals surface area contributed by atoms with Gasteiger partial charge < -0.3 is 10.6 Å². The normalized spacial score (nSPS) is 12.1. The second-order valence-corrected chi connectivity index (χ2v) is 5.55. The number of amides is 2. The van der Waals surface area contributed by atoms with E-state index < -0.39 is 6.04 Å². The minimum atomic E-state index is -0.539. The molecule has 0 aliphatic rings. The number of carbonyl (C=O) groups is 2. The molecule has 0 radical (unpaired) electrons. The van der Waals surface area contributed by atoms with E-state index in [0.717, 1.165) is 4.47 Å². The molecule has 1 unspecified atom stereocenters. The number of likely N-dealkylation sites (N-methyl/N-ethyl adjacent to an activating group) is 1. The maximum atomic E-state index is 12.0. The van der Waals surface area contributed by atoms with Crippen molar-refractivity contribution in [3.8, 4) is 0 Å². The van der Waals surface area contributed by atoms with Crippen molar-refractivity contribution >= 4 is 27.7 Å². The lowest BCUT2D eigenvalue weighted by Crippen LogP contribution is -2.46. The van der Waals surface area contributed by atoms with E-state index in [1.165, 1.54) is 0 Å². The van der Waals surface area contributed by atoms with Crippen LogP contribution in [0, 0.1) is 5.92 Å². The molecule has 5 nitrogen and oxygen atoms in total. The number of hydrogen-bond acceptors (Lipinski definition) is 3. The Balaban J connectivity index is 2.75. The number of rotatable bonds is 5. The summed E-state index contributed by atoms with van der Waals surface area (Å²) in [6.07, 6.45) is 2.13. The minimum absolute atomic E-state index is 0.195. The lowest BCUT2D eigenvalue weighted by Gasteiger charge is -2.18. The van der Waals surface area contributed by atoms with Crippen molar-refractivity contribution in [1.82, 2.24) is 15.6 Å². The average molecular weight is 328 g/mol. The van der Waals surface area contributed by atoms with E-state index in [1.807, 2.05) is 13.8 Å². The van der Waals surface area contributed by atoms with E-state index in [0.29, 0.717) is 18.0 Å². The zero-order valence-electron chi connectivity index (χ0n) is 11.2. The van der Waals surface area contributed by atoms with Gasteiger partial charge >= 0.3 is 0 Å². The van der Waals surface area contributed by atoms with Crippen LogP contribution in [0.5, 0.6) is 0 Å². The Bertz CT molecular complexity index is 446. The van der Waals surface area contributed by atoms with Crippen LogP contribution in [-0.4, -0.2) is 29.9 Å². The second kappa shape index (κ2) is 7.23. The lowest BCUT2D eigenvalue weighted by atomic mass is 10.0.